The predicted octanol–water partition coefficient (Wildman–Crippen LogP) is 1.29. The molecule has 0 aliphatic rings. The first kappa shape index (κ1) is 11.2. The fourth-order valence-electron chi connectivity index (χ4n) is 0.852. The van der Waals surface area contributed by atoms with Gasteiger partial charge in [0.15, 0.2) is 6.61 Å². The van der Waals surface area contributed by atoms with Crippen LogP contribution in [-0.2, 0) is 14.3 Å². The predicted molar refractivity (Wildman–Crippen MR) is 48.7 cm³/mol. The summed E-state index contributed by atoms with van der Waals surface area (Å²) in [5, 5.41) is 0. The van der Waals surface area contributed by atoms with Crippen LogP contribution in [0.5, 0.6) is 5.75 Å². The topological polar surface area (TPSA) is 52.6 Å². The Morgan fingerprint density at radius 3 is 2.73 bits per heavy atom. The van der Waals surface area contributed by atoms with Crippen LogP contribution in [0.15, 0.2) is 24.3 Å². The molecule has 0 aliphatic carbocycles. The van der Waals surface area contributed by atoms with Crippen molar-refractivity contribution < 1.29 is 23.5 Å². The van der Waals surface area contributed by atoms with E-state index in [1.165, 1.54) is 25.1 Å². The van der Waals surface area contributed by atoms with Crippen molar-refractivity contribution in [3.8, 4) is 5.75 Å². The zero-order chi connectivity index (χ0) is 11.3. The number of benzene rings is 1. The maximum atomic E-state index is 12.7. The Bertz CT molecular complexity index is 375. The van der Waals surface area contributed by atoms with E-state index in [9.17, 15) is 14.0 Å². The summed E-state index contributed by atoms with van der Waals surface area (Å²) < 4.78 is 21.7. The number of carbonyl (C=O) groups excluding carboxylic acids is 2. The molecule has 1 aromatic rings. The molecule has 0 radical (unpaired) electrons. The van der Waals surface area contributed by atoms with Gasteiger partial charge in [-0.2, -0.15) is 0 Å². The fraction of sp³-hybridized carbons (Fsp3) is 0.200. The van der Waals surface area contributed by atoms with Gasteiger partial charge < -0.3 is 9.47 Å². The maximum Gasteiger partial charge on any atom is 0.349 e. The molecule has 0 aromatic heterocycles. The van der Waals surface area contributed by atoms with Crippen LogP contribution in [-0.4, -0.2) is 18.5 Å². The first-order chi connectivity index (χ1) is 7.08. The van der Waals surface area contributed by atoms with Gasteiger partial charge in [0.25, 0.3) is 0 Å². The molecule has 0 fully saturated rings. The highest BCUT2D eigenvalue weighted by atomic mass is 19.1. The van der Waals surface area contributed by atoms with Crippen LogP contribution in [0, 0.1) is 5.82 Å². The van der Waals surface area contributed by atoms with E-state index in [0.29, 0.717) is 0 Å². The van der Waals surface area contributed by atoms with Gasteiger partial charge in [-0.15, -0.1) is 0 Å². The van der Waals surface area contributed by atoms with Crippen molar-refractivity contribution in [3.63, 3.8) is 0 Å². The highest BCUT2D eigenvalue weighted by molar-refractivity contribution is 5.77. The van der Waals surface area contributed by atoms with Gasteiger partial charge in [-0.05, 0) is 12.1 Å². The van der Waals surface area contributed by atoms with Crippen molar-refractivity contribution >= 4 is 11.9 Å². The minimum absolute atomic E-state index is 0.0761. The Morgan fingerprint density at radius 2 is 2.13 bits per heavy atom. The van der Waals surface area contributed by atoms with Gasteiger partial charge in [-0.3, -0.25) is 4.79 Å². The molecule has 80 valence electrons. The minimum Gasteiger partial charge on any atom is -0.454 e. The molecule has 1 aromatic carbocycles. The van der Waals surface area contributed by atoms with E-state index in [1.807, 2.05) is 0 Å². The normalized spacial score (nSPS) is 9.47. The van der Waals surface area contributed by atoms with E-state index in [1.54, 1.807) is 0 Å². The van der Waals surface area contributed by atoms with Gasteiger partial charge in [-0.1, -0.05) is 6.07 Å². The summed E-state index contributed by atoms with van der Waals surface area (Å²) in [4.78, 5) is 21.4. The van der Waals surface area contributed by atoms with Gasteiger partial charge in [0.05, 0.1) is 0 Å². The summed E-state index contributed by atoms with van der Waals surface area (Å²) in [5.74, 6) is -1.76. The highest BCUT2D eigenvalue weighted by Gasteiger charge is 2.07. The Hall–Kier alpha value is -1.91. The lowest BCUT2D eigenvalue weighted by Crippen LogP contribution is -2.17. The first-order valence-corrected chi connectivity index (χ1v) is 4.17. The quantitative estimate of drug-likeness (QED) is 0.559. The summed E-state index contributed by atoms with van der Waals surface area (Å²) >= 11 is 0. The van der Waals surface area contributed by atoms with Crippen LogP contribution in [0.2, 0.25) is 0 Å². The van der Waals surface area contributed by atoms with Crippen LogP contribution < -0.4 is 4.74 Å². The number of esters is 2. The number of hydrogen-bond acceptors (Lipinski definition) is 4. The molecule has 0 atom stereocenters. The minimum atomic E-state index is -0.754. The molecule has 0 amide bonds. The fourth-order valence-corrected chi connectivity index (χ4v) is 0.852. The van der Waals surface area contributed by atoms with E-state index < -0.39 is 24.4 Å². The number of carbonyl (C=O) groups is 2. The molecule has 5 heteroatoms. The molecular formula is C10H9FO4. The Labute approximate surface area is 85.6 Å². The summed E-state index contributed by atoms with van der Waals surface area (Å²) in [7, 11) is 0. The smallest absolute Gasteiger partial charge is 0.349 e. The molecule has 0 unspecified atom stereocenters. The van der Waals surface area contributed by atoms with Crippen molar-refractivity contribution in [1.82, 2.24) is 0 Å². The molecule has 0 saturated heterocycles. The third-order valence-electron chi connectivity index (χ3n) is 1.42. The van der Waals surface area contributed by atoms with Crippen molar-refractivity contribution in [3.05, 3.63) is 30.1 Å². The molecular weight excluding hydrogens is 203 g/mol. The Balaban J connectivity index is 2.48. The molecule has 0 bridgehead atoms. The maximum absolute atomic E-state index is 12.7. The average Bonchev–Trinajstić information content (AvgIpc) is 2.15. The number of hydrogen-bond donors (Lipinski definition) is 0. The van der Waals surface area contributed by atoms with Gasteiger partial charge in [0.2, 0.25) is 0 Å². The number of ether oxygens (including phenoxy) is 2. The molecule has 15 heavy (non-hydrogen) atoms. The summed E-state index contributed by atoms with van der Waals surface area (Å²) in [6.45, 7) is 0.696. The van der Waals surface area contributed by atoms with Crippen LogP contribution in [0.3, 0.4) is 0 Å². The van der Waals surface area contributed by atoms with E-state index in [2.05, 4.69) is 9.47 Å². The second-order valence-corrected chi connectivity index (χ2v) is 2.71. The lowest BCUT2D eigenvalue weighted by atomic mass is 10.3. The number of rotatable bonds is 3. The van der Waals surface area contributed by atoms with Crippen LogP contribution in [0.25, 0.3) is 0 Å². The molecule has 0 spiro atoms. The molecule has 0 aliphatic heterocycles. The monoisotopic (exact) mass is 212 g/mol. The molecule has 0 N–H and O–H groups in total. The second kappa shape index (κ2) is 5.09. The molecule has 0 saturated carbocycles. The molecule has 1 rings (SSSR count). The van der Waals surface area contributed by atoms with Crippen molar-refractivity contribution in [2.45, 2.75) is 6.92 Å². The third kappa shape index (κ3) is 4.21. The lowest BCUT2D eigenvalue weighted by molar-refractivity contribution is -0.152. The van der Waals surface area contributed by atoms with E-state index in [4.69, 9.17) is 0 Å². The standard InChI is InChI=1S/C10H9FO4/c1-7(12)14-6-10(13)15-9-4-2-3-8(11)5-9/h2-5H,6H2,1H3. The number of halogens is 1. The van der Waals surface area contributed by atoms with Gasteiger partial charge in [-0.25, -0.2) is 9.18 Å². The SMILES string of the molecule is CC(=O)OCC(=O)Oc1cccc(F)c1. The van der Waals surface area contributed by atoms with E-state index in [-0.39, 0.29) is 5.75 Å². The van der Waals surface area contributed by atoms with Crippen LogP contribution in [0.4, 0.5) is 4.39 Å². The summed E-state index contributed by atoms with van der Waals surface area (Å²) in [6, 6.07) is 5.12. The van der Waals surface area contributed by atoms with Gasteiger partial charge in [0.1, 0.15) is 11.6 Å². The van der Waals surface area contributed by atoms with Crippen LogP contribution >= 0.6 is 0 Å². The third-order valence-corrected chi connectivity index (χ3v) is 1.42. The second-order valence-electron chi connectivity index (χ2n) is 2.71. The summed E-state index contributed by atoms with van der Waals surface area (Å²) in [5.41, 5.74) is 0. The molecule has 0 heterocycles. The van der Waals surface area contributed by atoms with Gasteiger partial charge in [0, 0.05) is 13.0 Å². The zero-order valence-electron chi connectivity index (χ0n) is 8.03. The first-order valence-electron chi connectivity index (χ1n) is 4.17. The van der Waals surface area contributed by atoms with Crippen molar-refractivity contribution in [2.75, 3.05) is 6.61 Å². The summed E-state index contributed by atoms with van der Waals surface area (Å²) in [6.07, 6.45) is 0. The van der Waals surface area contributed by atoms with Crippen LogP contribution in [0.1, 0.15) is 6.92 Å². The van der Waals surface area contributed by atoms with Gasteiger partial charge >= 0.3 is 11.9 Å². The van der Waals surface area contributed by atoms with Crippen molar-refractivity contribution in [2.24, 2.45) is 0 Å². The average molecular weight is 212 g/mol. The highest BCUT2D eigenvalue weighted by Crippen LogP contribution is 2.11. The van der Waals surface area contributed by atoms with E-state index in [0.717, 1.165) is 6.07 Å². The van der Waals surface area contributed by atoms with Crippen molar-refractivity contribution in [1.29, 1.82) is 0 Å². The molecule has 4 nitrogen and oxygen atoms in total. The van der Waals surface area contributed by atoms with E-state index >= 15 is 0 Å². The largest absolute Gasteiger partial charge is 0.454 e. The Morgan fingerprint density at radius 1 is 1.40 bits per heavy atom. The lowest BCUT2D eigenvalue weighted by Gasteiger charge is -2.03. The Kier molecular flexibility index (Phi) is 3.79. The zero-order valence-corrected chi connectivity index (χ0v) is 8.03.